The SMILES string of the molecule is COCC(O)CNC(=O)Cc1cc(Cl)ccc1OC. The summed E-state index contributed by atoms with van der Waals surface area (Å²) in [5, 5.41) is 12.6. The Kier molecular flexibility index (Phi) is 6.62. The predicted octanol–water partition coefficient (Wildman–Crippen LogP) is 1.01. The maximum atomic E-state index is 11.7. The van der Waals surface area contributed by atoms with Gasteiger partial charge in [-0.3, -0.25) is 4.79 Å². The molecule has 0 fully saturated rings. The number of nitrogens with one attached hydrogen (secondary N) is 1. The predicted molar refractivity (Wildman–Crippen MR) is 72.6 cm³/mol. The Morgan fingerprint density at radius 3 is 2.84 bits per heavy atom. The molecule has 5 nitrogen and oxygen atoms in total. The van der Waals surface area contributed by atoms with Crippen LogP contribution in [-0.4, -0.2) is 44.5 Å². The standard InChI is InChI=1S/C13H18ClNO4/c1-18-8-11(16)7-15-13(17)6-9-5-10(14)3-4-12(9)19-2/h3-5,11,16H,6-8H2,1-2H3,(H,15,17). The van der Waals surface area contributed by atoms with Crippen molar-refractivity contribution in [1.29, 1.82) is 0 Å². The Morgan fingerprint density at radius 1 is 1.47 bits per heavy atom. The van der Waals surface area contributed by atoms with Crippen LogP contribution >= 0.6 is 11.6 Å². The summed E-state index contributed by atoms with van der Waals surface area (Å²) in [6.07, 6.45) is -0.570. The third-order valence-corrected chi connectivity index (χ3v) is 2.72. The van der Waals surface area contributed by atoms with Crippen LogP contribution in [0.3, 0.4) is 0 Å². The van der Waals surface area contributed by atoms with E-state index in [1.807, 2.05) is 0 Å². The number of ether oxygens (including phenoxy) is 2. The summed E-state index contributed by atoms with van der Waals surface area (Å²) in [4.78, 5) is 11.7. The summed E-state index contributed by atoms with van der Waals surface area (Å²) in [6.45, 7) is 0.330. The smallest absolute Gasteiger partial charge is 0.224 e. The first-order valence-electron chi connectivity index (χ1n) is 5.83. The molecular formula is C13H18ClNO4. The van der Waals surface area contributed by atoms with Crippen molar-refractivity contribution in [3.8, 4) is 5.75 Å². The van der Waals surface area contributed by atoms with Crippen molar-refractivity contribution in [3.63, 3.8) is 0 Å². The zero-order chi connectivity index (χ0) is 14.3. The number of benzene rings is 1. The number of hydrogen-bond donors (Lipinski definition) is 2. The van der Waals surface area contributed by atoms with Gasteiger partial charge in [0.05, 0.1) is 26.2 Å². The number of halogens is 1. The van der Waals surface area contributed by atoms with E-state index in [4.69, 9.17) is 21.1 Å². The van der Waals surface area contributed by atoms with Gasteiger partial charge in [-0.2, -0.15) is 0 Å². The summed E-state index contributed by atoms with van der Waals surface area (Å²) >= 11 is 5.88. The largest absolute Gasteiger partial charge is 0.496 e. The van der Waals surface area contributed by atoms with E-state index in [2.05, 4.69) is 5.32 Å². The quantitative estimate of drug-likeness (QED) is 0.785. The van der Waals surface area contributed by atoms with E-state index in [-0.39, 0.29) is 25.5 Å². The number of hydrogen-bond acceptors (Lipinski definition) is 4. The third kappa shape index (κ3) is 5.46. The molecule has 1 atom stereocenters. The van der Waals surface area contributed by atoms with Crippen LogP contribution < -0.4 is 10.1 Å². The van der Waals surface area contributed by atoms with Crippen molar-refractivity contribution in [3.05, 3.63) is 28.8 Å². The summed E-state index contributed by atoms with van der Waals surface area (Å²) in [5.41, 5.74) is 0.703. The highest BCUT2D eigenvalue weighted by molar-refractivity contribution is 6.30. The minimum atomic E-state index is -0.713. The van der Waals surface area contributed by atoms with Crippen LogP contribution in [0.5, 0.6) is 5.75 Å². The summed E-state index contributed by atoms with van der Waals surface area (Å²) in [6, 6.07) is 5.10. The molecule has 1 aromatic carbocycles. The van der Waals surface area contributed by atoms with Crippen LogP contribution in [0.25, 0.3) is 0 Å². The lowest BCUT2D eigenvalue weighted by molar-refractivity contribution is -0.121. The monoisotopic (exact) mass is 287 g/mol. The van der Waals surface area contributed by atoms with Gasteiger partial charge in [0.25, 0.3) is 0 Å². The molecule has 1 aromatic rings. The van der Waals surface area contributed by atoms with E-state index in [0.29, 0.717) is 16.3 Å². The molecule has 0 spiro atoms. The molecule has 19 heavy (non-hydrogen) atoms. The second-order valence-corrected chi connectivity index (χ2v) is 4.48. The highest BCUT2D eigenvalue weighted by atomic mass is 35.5. The fourth-order valence-corrected chi connectivity index (χ4v) is 1.80. The van der Waals surface area contributed by atoms with E-state index < -0.39 is 6.10 Å². The van der Waals surface area contributed by atoms with Crippen molar-refractivity contribution in [2.75, 3.05) is 27.4 Å². The Hall–Kier alpha value is -1.30. The molecule has 0 aliphatic heterocycles. The first-order valence-corrected chi connectivity index (χ1v) is 6.20. The Labute approximate surface area is 117 Å². The maximum absolute atomic E-state index is 11.7. The summed E-state index contributed by atoms with van der Waals surface area (Å²) in [5.74, 6) is 0.396. The van der Waals surface area contributed by atoms with Gasteiger partial charge < -0.3 is 19.9 Å². The molecule has 2 N–H and O–H groups in total. The fourth-order valence-electron chi connectivity index (χ4n) is 1.60. The van der Waals surface area contributed by atoms with Crippen molar-refractivity contribution in [1.82, 2.24) is 5.32 Å². The molecule has 1 rings (SSSR count). The number of amides is 1. The van der Waals surface area contributed by atoms with E-state index >= 15 is 0 Å². The molecule has 0 aromatic heterocycles. The van der Waals surface area contributed by atoms with Gasteiger partial charge in [-0.1, -0.05) is 11.6 Å². The minimum absolute atomic E-state index is 0.142. The van der Waals surface area contributed by atoms with Crippen molar-refractivity contribution >= 4 is 17.5 Å². The van der Waals surface area contributed by atoms with Crippen LogP contribution in [0.4, 0.5) is 0 Å². The number of rotatable bonds is 7. The van der Waals surface area contributed by atoms with Gasteiger partial charge in [-0.25, -0.2) is 0 Å². The number of aliphatic hydroxyl groups is 1. The van der Waals surface area contributed by atoms with E-state index in [9.17, 15) is 9.90 Å². The molecule has 0 saturated heterocycles. The second kappa shape index (κ2) is 7.99. The molecule has 0 aliphatic rings. The summed E-state index contributed by atoms with van der Waals surface area (Å²) in [7, 11) is 3.02. The maximum Gasteiger partial charge on any atom is 0.224 e. The number of carbonyl (C=O) groups excluding carboxylic acids is 1. The highest BCUT2D eigenvalue weighted by Gasteiger charge is 2.11. The van der Waals surface area contributed by atoms with Crippen molar-refractivity contribution in [2.45, 2.75) is 12.5 Å². The number of aliphatic hydroxyl groups excluding tert-OH is 1. The van der Waals surface area contributed by atoms with Gasteiger partial charge in [0.15, 0.2) is 0 Å². The van der Waals surface area contributed by atoms with E-state index in [0.717, 1.165) is 0 Å². The van der Waals surface area contributed by atoms with Gasteiger partial charge in [0.1, 0.15) is 5.75 Å². The third-order valence-electron chi connectivity index (χ3n) is 2.49. The molecule has 0 heterocycles. The van der Waals surface area contributed by atoms with Crippen LogP contribution in [-0.2, 0) is 16.0 Å². The normalized spacial score (nSPS) is 12.0. The zero-order valence-electron chi connectivity index (χ0n) is 11.0. The molecule has 0 radical (unpaired) electrons. The molecule has 6 heteroatoms. The highest BCUT2D eigenvalue weighted by Crippen LogP contribution is 2.22. The molecule has 0 bridgehead atoms. The lowest BCUT2D eigenvalue weighted by atomic mass is 10.1. The topological polar surface area (TPSA) is 67.8 Å². The van der Waals surface area contributed by atoms with Gasteiger partial charge in [0.2, 0.25) is 5.91 Å². The lowest BCUT2D eigenvalue weighted by Crippen LogP contribution is -2.35. The van der Waals surface area contributed by atoms with Crippen LogP contribution in [0.15, 0.2) is 18.2 Å². The van der Waals surface area contributed by atoms with Crippen LogP contribution in [0.1, 0.15) is 5.56 Å². The lowest BCUT2D eigenvalue weighted by Gasteiger charge is -2.12. The molecule has 1 unspecified atom stereocenters. The zero-order valence-corrected chi connectivity index (χ0v) is 11.7. The Balaban J connectivity index is 2.54. The van der Waals surface area contributed by atoms with Gasteiger partial charge in [-0.15, -0.1) is 0 Å². The van der Waals surface area contributed by atoms with Crippen LogP contribution in [0.2, 0.25) is 5.02 Å². The molecular weight excluding hydrogens is 270 g/mol. The van der Waals surface area contributed by atoms with E-state index in [1.165, 1.54) is 14.2 Å². The minimum Gasteiger partial charge on any atom is -0.496 e. The van der Waals surface area contributed by atoms with Gasteiger partial charge >= 0.3 is 0 Å². The summed E-state index contributed by atoms with van der Waals surface area (Å²) < 4.78 is 9.93. The first kappa shape index (κ1) is 15.8. The average molecular weight is 288 g/mol. The Bertz CT molecular complexity index is 425. The molecule has 1 amide bonds. The van der Waals surface area contributed by atoms with Crippen molar-refractivity contribution in [2.24, 2.45) is 0 Å². The molecule has 0 aliphatic carbocycles. The van der Waals surface area contributed by atoms with Gasteiger partial charge in [-0.05, 0) is 18.2 Å². The van der Waals surface area contributed by atoms with Crippen LogP contribution in [0, 0.1) is 0 Å². The van der Waals surface area contributed by atoms with Crippen molar-refractivity contribution < 1.29 is 19.4 Å². The molecule has 0 saturated carbocycles. The average Bonchev–Trinajstić information content (AvgIpc) is 2.37. The van der Waals surface area contributed by atoms with E-state index in [1.54, 1.807) is 18.2 Å². The first-order chi connectivity index (χ1) is 9.06. The second-order valence-electron chi connectivity index (χ2n) is 4.05. The number of methoxy groups -OCH3 is 2. The Morgan fingerprint density at radius 2 is 2.21 bits per heavy atom. The number of carbonyl (C=O) groups is 1. The molecule has 106 valence electrons. The fraction of sp³-hybridized carbons (Fsp3) is 0.462. The van der Waals surface area contributed by atoms with Gasteiger partial charge in [0, 0.05) is 24.2 Å².